The monoisotopic (exact) mass is 448 g/mol. The normalized spacial score (nSPS) is 14.9. The van der Waals surface area contributed by atoms with Crippen molar-refractivity contribution in [1.82, 2.24) is 25.1 Å². The highest BCUT2D eigenvalue weighted by Crippen LogP contribution is 2.29. The maximum atomic E-state index is 12.1. The third kappa shape index (κ3) is 5.60. The number of tetrazole rings is 1. The molecule has 0 atom stereocenters. The van der Waals surface area contributed by atoms with Crippen LogP contribution in [0.4, 0.5) is 5.69 Å². The van der Waals surface area contributed by atoms with E-state index in [4.69, 9.17) is 0 Å². The lowest BCUT2D eigenvalue weighted by Gasteiger charge is -2.16. The lowest BCUT2D eigenvalue weighted by molar-refractivity contribution is -0.134. The third-order valence-electron chi connectivity index (χ3n) is 3.96. The second-order valence-electron chi connectivity index (χ2n) is 6.15. The Labute approximate surface area is 181 Å². The maximum absolute atomic E-state index is 12.1. The van der Waals surface area contributed by atoms with Gasteiger partial charge in [0, 0.05) is 24.9 Å². The van der Waals surface area contributed by atoms with Crippen LogP contribution in [0, 0.1) is 0 Å². The van der Waals surface area contributed by atoms with Gasteiger partial charge in [-0.3, -0.25) is 9.59 Å². The molecule has 2 amide bonds. The van der Waals surface area contributed by atoms with Gasteiger partial charge >= 0.3 is 5.97 Å². The maximum Gasteiger partial charge on any atom is 0.333 e. The Bertz CT molecular complexity index is 977. The molecule has 10 nitrogen and oxygen atoms in total. The fourth-order valence-corrected chi connectivity index (χ4v) is 4.43. The van der Waals surface area contributed by atoms with Crippen LogP contribution in [0.2, 0.25) is 0 Å². The van der Waals surface area contributed by atoms with Crippen LogP contribution in [0.5, 0.6) is 0 Å². The smallest absolute Gasteiger partial charge is 0.333 e. The largest absolute Gasteiger partial charge is 0.466 e. The number of nitrogens with one attached hydrogen (secondary N) is 1. The zero-order chi connectivity index (χ0) is 21.5. The summed E-state index contributed by atoms with van der Waals surface area (Å²) in [5.41, 5.74) is 1.38. The molecule has 0 unspecified atom stereocenters. The SMILES string of the molecule is COC(=O)/C=C1/SCC(=O)N1CCCSc1nnnn1-c1cccc(NC(C)=O)c1. The van der Waals surface area contributed by atoms with Crippen molar-refractivity contribution < 1.29 is 19.1 Å². The number of aromatic nitrogens is 4. The number of esters is 1. The summed E-state index contributed by atoms with van der Waals surface area (Å²) in [5, 5.41) is 15.8. The number of hydrogen-bond donors (Lipinski definition) is 1. The quantitative estimate of drug-likeness (QED) is 0.278. The van der Waals surface area contributed by atoms with Crippen molar-refractivity contribution in [3.05, 3.63) is 35.4 Å². The van der Waals surface area contributed by atoms with Crippen LogP contribution >= 0.6 is 23.5 Å². The summed E-state index contributed by atoms with van der Waals surface area (Å²) in [6, 6.07) is 7.22. The number of ether oxygens (including phenoxy) is 1. The summed E-state index contributed by atoms with van der Waals surface area (Å²) in [6.45, 7) is 1.93. The lowest BCUT2D eigenvalue weighted by atomic mass is 10.3. The van der Waals surface area contributed by atoms with Crippen LogP contribution in [-0.4, -0.2) is 68.1 Å². The number of carbonyl (C=O) groups is 3. The Morgan fingerprint density at radius 1 is 1.40 bits per heavy atom. The topological polar surface area (TPSA) is 119 Å². The second-order valence-corrected chi connectivity index (χ2v) is 8.20. The molecule has 1 aliphatic heterocycles. The van der Waals surface area contributed by atoms with E-state index < -0.39 is 5.97 Å². The molecule has 1 saturated heterocycles. The number of benzene rings is 1. The van der Waals surface area contributed by atoms with Gasteiger partial charge in [-0.05, 0) is 35.0 Å². The minimum Gasteiger partial charge on any atom is -0.466 e. The number of rotatable bonds is 8. The molecule has 0 saturated carbocycles. The van der Waals surface area contributed by atoms with Crippen LogP contribution in [0.15, 0.2) is 40.5 Å². The molecule has 2 heterocycles. The average molecular weight is 449 g/mol. The average Bonchev–Trinajstić information content (AvgIpc) is 3.32. The highest BCUT2D eigenvalue weighted by atomic mass is 32.2. The van der Waals surface area contributed by atoms with Crippen LogP contribution in [-0.2, 0) is 19.1 Å². The molecule has 158 valence electrons. The summed E-state index contributed by atoms with van der Waals surface area (Å²) in [7, 11) is 1.30. The minimum absolute atomic E-state index is 0.0280. The highest BCUT2D eigenvalue weighted by molar-refractivity contribution is 8.04. The molecule has 12 heteroatoms. The molecular formula is C18H20N6O4S2. The van der Waals surface area contributed by atoms with Crippen LogP contribution in [0.1, 0.15) is 13.3 Å². The van der Waals surface area contributed by atoms with Gasteiger partial charge in [-0.2, -0.15) is 4.68 Å². The van der Waals surface area contributed by atoms with E-state index in [2.05, 4.69) is 25.6 Å². The van der Waals surface area contributed by atoms with Crippen molar-refractivity contribution in [3.63, 3.8) is 0 Å². The standard InChI is InChI=1S/C18H20N6O4S2/c1-12(25)19-13-5-3-6-14(9-13)24-18(20-21-22-24)29-8-4-7-23-15(26)11-30-16(23)10-17(27)28-2/h3,5-6,9-10H,4,7-8,11H2,1-2H3,(H,19,25)/b16-10+. The molecule has 30 heavy (non-hydrogen) atoms. The third-order valence-corrected chi connectivity index (χ3v) is 5.99. The van der Waals surface area contributed by atoms with Crippen molar-refractivity contribution in [3.8, 4) is 5.69 Å². The Morgan fingerprint density at radius 2 is 2.23 bits per heavy atom. The molecule has 1 fully saturated rings. The highest BCUT2D eigenvalue weighted by Gasteiger charge is 2.27. The summed E-state index contributed by atoms with van der Waals surface area (Å²) in [5.74, 6) is 0.325. The molecule has 1 aromatic heterocycles. The molecule has 2 aromatic rings. The first-order valence-corrected chi connectivity index (χ1v) is 11.0. The first-order valence-electron chi connectivity index (χ1n) is 9.00. The molecular weight excluding hydrogens is 428 g/mol. The summed E-state index contributed by atoms with van der Waals surface area (Å²) < 4.78 is 6.23. The fraction of sp³-hybridized carbons (Fsp3) is 0.333. The van der Waals surface area contributed by atoms with E-state index in [-0.39, 0.29) is 11.8 Å². The number of nitrogens with zero attached hydrogens (tertiary/aromatic N) is 5. The summed E-state index contributed by atoms with van der Waals surface area (Å²) in [6.07, 6.45) is 2.03. The first kappa shape index (κ1) is 21.8. The molecule has 0 bridgehead atoms. The number of methoxy groups -OCH3 is 1. The van der Waals surface area contributed by atoms with Crippen molar-refractivity contribution in [2.24, 2.45) is 0 Å². The van der Waals surface area contributed by atoms with Crippen LogP contribution in [0.3, 0.4) is 0 Å². The molecule has 0 aliphatic carbocycles. The van der Waals surface area contributed by atoms with Gasteiger partial charge < -0.3 is 15.0 Å². The van der Waals surface area contributed by atoms with Gasteiger partial charge in [0.2, 0.25) is 17.0 Å². The number of anilines is 1. The van der Waals surface area contributed by atoms with Crippen molar-refractivity contribution in [2.75, 3.05) is 30.5 Å². The number of hydrogen-bond acceptors (Lipinski definition) is 9. The van der Waals surface area contributed by atoms with Gasteiger partial charge in [0.05, 0.1) is 29.7 Å². The van der Waals surface area contributed by atoms with E-state index in [0.717, 1.165) is 5.69 Å². The van der Waals surface area contributed by atoms with Gasteiger partial charge in [0.1, 0.15) is 0 Å². The van der Waals surface area contributed by atoms with E-state index in [1.165, 1.54) is 43.6 Å². The van der Waals surface area contributed by atoms with Crippen molar-refractivity contribution >= 4 is 47.0 Å². The Balaban J connectivity index is 1.59. The number of amides is 2. The predicted molar refractivity (Wildman–Crippen MR) is 113 cm³/mol. The predicted octanol–water partition coefficient (Wildman–Crippen LogP) is 1.69. The number of carbonyl (C=O) groups excluding carboxylic acids is 3. The van der Waals surface area contributed by atoms with Gasteiger partial charge in [-0.25, -0.2) is 4.79 Å². The van der Waals surface area contributed by atoms with E-state index >= 15 is 0 Å². The van der Waals surface area contributed by atoms with Crippen LogP contribution in [0.25, 0.3) is 5.69 Å². The fourth-order valence-electron chi connectivity index (χ4n) is 2.66. The van der Waals surface area contributed by atoms with Crippen molar-refractivity contribution in [2.45, 2.75) is 18.5 Å². The Kier molecular flexibility index (Phi) is 7.46. The molecule has 3 rings (SSSR count). The van der Waals surface area contributed by atoms with Crippen LogP contribution < -0.4 is 5.32 Å². The van der Waals surface area contributed by atoms with E-state index in [1.54, 1.807) is 21.7 Å². The summed E-state index contributed by atoms with van der Waals surface area (Å²) in [4.78, 5) is 36.4. The molecule has 1 aromatic carbocycles. The molecule has 0 radical (unpaired) electrons. The van der Waals surface area contributed by atoms with E-state index in [9.17, 15) is 14.4 Å². The second kappa shape index (κ2) is 10.3. The van der Waals surface area contributed by atoms with Gasteiger partial charge in [0.25, 0.3) is 0 Å². The van der Waals surface area contributed by atoms with Gasteiger partial charge in [0.15, 0.2) is 0 Å². The van der Waals surface area contributed by atoms with E-state index in [0.29, 0.717) is 40.3 Å². The Hall–Kier alpha value is -2.86. The zero-order valence-electron chi connectivity index (χ0n) is 16.4. The van der Waals surface area contributed by atoms with Gasteiger partial charge in [-0.1, -0.05) is 29.6 Å². The zero-order valence-corrected chi connectivity index (χ0v) is 18.0. The molecule has 1 aliphatic rings. The number of thioether (sulfide) groups is 2. The molecule has 1 N–H and O–H groups in total. The van der Waals surface area contributed by atoms with Gasteiger partial charge in [-0.15, -0.1) is 5.10 Å². The first-order chi connectivity index (χ1) is 14.5. The Morgan fingerprint density at radius 3 is 3.00 bits per heavy atom. The van der Waals surface area contributed by atoms with E-state index in [1.807, 2.05) is 12.1 Å². The summed E-state index contributed by atoms with van der Waals surface area (Å²) >= 11 is 2.78. The van der Waals surface area contributed by atoms with Crippen molar-refractivity contribution in [1.29, 1.82) is 0 Å². The molecule has 0 spiro atoms. The minimum atomic E-state index is -0.479. The lowest BCUT2D eigenvalue weighted by Crippen LogP contribution is -2.26.